The number of likely N-dealkylation sites (N-methyl/N-ethyl adjacent to an activating group) is 1. The first-order chi connectivity index (χ1) is 11.1. The van der Waals surface area contributed by atoms with Crippen LogP contribution in [0.2, 0.25) is 0 Å². The summed E-state index contributed by atoms with van der Waals surface area (Å²) in [6.45, 7) is 14.9. The fraction of sp³-hybridized carbons (Fsp3) is 0.500. The highest BCUT2D eigenvalue weighted by molar-refractivity contribution is 14.0. The number of guanidine groups is 1. The average molecular weight is 446 g/mol. The minimum absolute atomic E-state index is 0. The van der Waals surface area contributed by atoms with Crippen molar-refractivity contribution in [3.63, 3.8) is 0 Å². The molecule has 0 saturated carbocycles. The van der Waals surface area contributed by atoms with Crippen LogP contribution in [-0.2, 0) is 6.54 Å². The molecule has 0 unspecified atom stereocenters. The van der Waals surface area contributed by atoms with Crippen molar-refractivity contribution in [2.24, 2.45) is 10.7 Å². The molecule has 0 amide bonds. The molecule has 0 aliphatic carbocycles. The van der Waals surface area contributed by atoms with E-state index in [-0.39, 0.29) is 24.0 Å². The van der Waals surface area contributed by atoms with Gasteiger partial charge in [-0.25, -0.2) is 4.99 Å². The number of benzene rings is 1. The molecule has 24 heavy (non-hydrogen) atoms. The quantitative estimate of drug-likeness (QED) is 0.251. The van der Waals surface area contributed by atoms with Crippen LogP contribution in [-0.4, -0.2) is 43.6 Å². The van der Waals surface area contributed by atoms with Gasteiger partial charge < -0.3 is 20.7 Å². The summed E-state index contributed by atoms with van der Waals surface area (Å²) < 4.78 is 5.92. The van der Waals surface area contributed by atoms with Gasteiger partial charge in [-0.1, -0.05) is 44.2 Å². The molecule has 1 rings (SSSR count). The van der Waals surface area contributed by atoms with Gasteiger partial charge in [0.1, 0.15) is 12.4 Å². The summed E-state index contributed by atoms with van der Waals surface area (Å²) in [7, 11) is 0. The van der Waals surface area contributed by atoms with Crippen LogP contribution in [0.15, 0.2) is 41.4 Å². The van der Waals surface area contributed by atoms with E-state index in [4.69, 9.17) is 10.5 Å². The molecular weight excluding hydrogens is 415 g/mol. The standard InChI is InChI=1S/C18H30N4O.HI/c1-5-22(6-2)11-12-23-17-10-8-7-9-16(17)14-21-18(19)20-13-15(3)4;/h7-10H,3,5-6,11-14H2,1-2,4H3,(H3,19,20,21);1H. The molecule has 0 spiro atoms. The summed E-state index contributed by atoms with van der Waals surface area (Å²) in [4.78, 5) is 6.69. The van der Waals surface area contributed by atoms with E-state index in [1.807, 2.05) is 31.2 Å². The smallest absolute Gasteiger partial charge is 0.189 e. The minimum Gasteiger partial charge on any atom is -0.492 e. The first-order valence-electron chi connectivity index (χ1n) is 8.18. The lowest BCUT2D eigenvalue weighted by molar-refractivity contribution is 0.221. The molecule has 6 heteroatoms. The molecule has 0 aliphatic rings. The summed E-state index contributed by atoms with van der Waals surface area (Å²) in [6, 6.07) is 7.95. The molecule has 0 fully saturated rings. The highest BCUT2D eigenvalue weighted by Crippen LogP contribution is 2.18. The second-order valence-electron chi connectivity index (χ2n) is 5.50. The number of rotatable bonds is 10. The van der Waals surface area contributed by atoms with Crippen LogP contribution in [0.5, 0.6) is 5.75 Å². The van der Waals surface area contributed by atoms with Crippen LogP contribution in [0.1, 0.15) is 26.3 Å². The van der Waals surface area contributed by atoms with Gasteiger partial charge >= 0.3 is 0 Å². The van der Waals surface area contributed by atoms with Crippen LogP contribution in [0, 0.1) is 0 Å². The van der Waals surface area contributed by atoms with Gasteiger partial charge in [-0.3, -0.25) is 0 Å². The predicted octanol–water partition coefficient (Wildman–Crippen LogP) is 3.01. The molecular formula is C18H31IN4O. The van der Waals surface area contributed by atoms with Gasteiger partial charge in [-0.15, -0.1) is 24.0 Å². The van der Waals surface area contributed by atoms with E-state index in [1.54, 1.807) is 0 Å². The van der Waals surface area contributed by atoms with Crippen molar-refractivity contribution < 1.29 is 4.74 Å². The number of para-hydroxylation sites is 1. The number of hydrogen-bond acceptors (Lipinski definition) is 3. The van der Waals surface area contributed by atoms with E-state index < -0.39 is 0 Å². The van der Waals surface area contributed by atoms with Gasteiger partial charge in [0.2, 0.25) is 0 Å². The van der Waals surface area contributed by atoms with Gasteiger partial charge in [0.05, 0.1) is 6.54 Å². The summed E-state index contributed by atoms with van der Waals surface area (Å²) in [6.07, 6.45) is 0. The summed E-state index contributed by atoms with van der Waals surface area (Å²) in [5.41, 5.74) is 7.90. The van der Waals surface area contributed by atoms with E-state index >= 15 is 0 Å². The minimum atomic E-state index is 0. The van der Waals surface area contributed by atoms with Crippen molar-refractivity contribution in [1.29, 1.82) is 0 Å². The van der Waals surface area contributed by atoms with E-state index in [1.165, 1.54) is 0 Å². The number of nitrogens with one attached hydrogen (secondary N) is 1. The van der Waals surface area contributed by atoms with Crippen LogP contribution in [0.25, 0.3) is 0 Å². The third kappa shape index (κ3) is 9.12. The molecule has 0 aliphatic heterocycles. The van der Waals surface area contributed by atoms with Gasteiger partial charge in [-0.05, 0) is 26.1 Å². The van der Waals surface area contributed by atoms with Crippen LogP contribution < -0.4 is 15.8 Å². The third-order valence-corrected chi connectivity index (χ3v) is 3.52. The number of halogens is 1. The molecule has 5 nitrogen and oxygen atoms in total. The topological polar surface area (TPSA) is 62.9 Å². The lowest BCUT2D eigenvalue weighted by Gasteiger charge is -2.18. The maximum absolute atomic E-state index is 5.92. The van der Waals surface area contributed by atoms with Gasteiger partial charge in [-0.2, -0.15) is 0 Å². The number of ether oxygens (including phenoxy) is 1. The zero-order valence-electron chi connectivity index (χ0n) is 15.0. The highest BCUT2D eigenvalue weighted by atomic mass is 127. The van der Waals surface area contributed by atoms with Crippen LogP contribution in [0.3, 0.4) is 0 Å². The van der Waals surface area contributed by atoms with E-state index in [0.29, 0.717) is 25.7 Å². The van der Waals surface area contributed by atoms with Gasteiger partial charge in [0, 0.05) is 18.7 Å². The average Bonchev–Trinajstić information content (AvgIpc) is 2.56. The first-order valence-corrected chi connectivity index (χ1v) is 8.18. The molecule has 1 aromatic rings. The van der Waals surface area contributed by atoms with Gasteiger partial charge in [0.15, 0.2) is 5.96 Å². The Morgan fingerprint density at radius 2 is 1.96 bits per heavy atom. The predicted molar refractivity (Wildman–Crippen MR) is 113 cm³/mol. The van der Waals surface area contributed by atoms with Crippen LogP contribution >= 0.6 is 24.0 Å². The largest absolute Gasteiger partial charge is 0.492 e. The number of nitrogens with zero attached hydrogens (tertiary/aromatic N) is 2. The maximum Gasteiger partial charge on any atom is 0.189 e. The zero-order chi connectivity index (χ0) is 17.1. The SMILES string of the molecule is C=C(C)CNC(N)=NCc1ccccc1OCCN(CC)CC.I. The van der Waals surface area contributed by atoms with E-state index in [2.05, 4.69) is 35.6 Å². The van der Waals surface area contributed by atoms with Crippen molar-refractivity contribution in [2.45, 2.75) is 27.3 Å². The summed E-state index contributed by atoms with van der Waals surface area (Å²) >= 11 is 0. The Morgan fingerprint density at radius 3 is 2.58 bits per heavy atom. The molecule has 1 aromatic carbocycles. The van der Waals surface area contributed by atoms with Crippen LogP contribution in [0.4, 0.5) is 0 Å². The molecule has 0 radical (unpaired) electrons. The lowest BCUT2D eigenvalue weighted by Crippen LogP contribution is -2.32. The fourth-order valence-electron chi connectivity index (χ4n) is 2.07. The molecule has 0 heterocycles. The van der Waals surface area contributed by atoms with Crippen molar-refractivity contribution in [1.82, 2.24) is 10.2 Å². The maximum atomic E-state index is 5.92. The molecule has 0 atom stereocenters. The van der Waals surface area contributed by atoms with E-state index in [9.17, 15) is 0 Å². The molecule has 136 valence electrons. The molecule has 0 bridgehead atoms. The Balaban J connectivity index is 0.00000529. The Morgan fingerprint density at radius 1 is 1.29 bits per heavy atom. The Kier molecular flexibility index (Phi) is 12.4. The second-order valence-corrected chi connectivity index (χ2v) is 5.50. The lowest BCUT2D eigenvalue weighted by atomic mass is 10.2. The van der Waals surface area contributed by atoms with E-state index in [0.717, 1.165) is 36.5 Å². The van der Waals surface area contributed by atoms with Crippen molar-refractivity contribution in [2.75, 3.05) is 32.8 Å². The highest BCUT2D eigenvalue weighted by Gasteiger charge is 2.04. The number of nitrogens with two attached hydrogens (primary N) is 1. The second kappa shape index (κ2) is 13.1. The Hall–Kier alpha value is -1.28. The molecule has 0 saturated heterocycles. The van der Waals surface area contributed by atoms with Crippen molar-refractivity contribution in [3.05, 3.63) is 42.0 Å². The fourth-order valence-corrected chi connectivity index (χ4v) is 2.07. The Labute approximate surface area is 163 Å². The normalized spacial score (nSPS) is 11.1. The number of hydrogen-bond donors (Lipinski definition) is 2. The number of aliphatic imine (C=N–C) groups is 1. The molecule has 0 aromatic heterocycles. The van der Waals surface area contributed by atoms with Gasteiger partial charge in [0.25, 0.3) is 0 Å². The summed E-state index contributed by atoms with van der Waals surface area (Å²) in [5.74, 6) is 1.29. The monoisotopic (exact) mass is 446 g/mol. The summed E-state index contributed by atoms with van der Waals surface area (Å²) in [5, 5.41) is 3.03. The Bertz CT molecular complexity index is 515. The third-order valence-electron chi connectivity index (χ3n) is 3.52. The molecule has 3 N–H and O–H groups in total. The zero-order valence-corrected chi connectivity index (χ0v) is 17.4. The van der Waals surface area contributed by atoms with Crippen molar-refractivity contribution >= 4 is 29.9 Å². The first kappa shape index (κ1) is 22.7. The van der Waals surface area contributed by atoms with Crippen molar-refractivity contribution in [3.8, 4) is 5.75 Å².